The summed E-state index contributed by atoms with van der Waals surface area (Å²) in [6, 6.07) is 48.5. The van der Waals surface area contributed by atoms with E-state index >= 15 is 0 Å². The molecule has 0 bridgehead atoms. The first-order chi connectivity index (χ1) is 25.6. The van der Waals surface area contributed by atoms with Crippen LogP contribution >= 0.6 is 0 Å². The average molecular weight is 866 g/mol. The van der Waals surface area contributed by atoms with E-state index in [2.05, 4.69) is 89.5 Å². The van der Waals surface area contributed by atoms with Gasteiger partial charge < -0.3 is 18.5 Å². The van der Waals surface area contributed by atoms with Crippen molar-refractivity contribution in [3.8, 4) is 56.6 Å². The monoisotopic (exact) mass is 865 g/mol. The van der Waals surface area contributed by atoms with Gasteiger partial charge in [-0.3, -0.25) is 4.98 Å². The number of fused-ring (bicyclic) bond motifs is 9. The number of aromatic hydroxyl groups is 1. The van der Waals surface area contributed by atoms with E-state index in [1.54, 1.807) is 6.07 Å². The number of aromatic nitrogens is 3. The standard InChI is InChI=1S/C46H28N3O3.Pt/c50-39-11-6-9-28-13-14-29-15-20-37(47-45(29)44(28)39)38-26-49(32-18-19-34-33-10-4-5-12-40(33)52-43(34)25-32)46(48-38)31-17-22-42-36(24-31)35-23-30(16-21-41(35)51-42)27-7-2-1-3-8-27;/h1-12,15-16,18-26,50H,13-14H2;/q-1;. The van der Waals surface area contributed by atoms with Crippen molar-refractivity contribution in [1.29, 1.82) is 0 Å². The largest absolute Gasteiger partial charge is 0.507 e. The summed E-state index contributed by atoms with van der Waals surface area (Å²) in [5, 5.41) is 15.1. The van der Waals surface area contributed by atoms with Gasteiger partial charge in [0.2, 0.25) is 0 Å². The van der Waals surface area contributed by atoms with Gasteiger partial charge in [0, 0.05) is 60.7 Å². The molecule has 0 unspecified atom stereocenters. The second kappa shape index (κ2) is 12.2. The van der Waals surface area contributed by atoms with Gasteiger partial charge in [-0.05, 0) is 77.6 Å². The third kappa shape index (κ3) is 5.05. The Morgan fingerprint density at radius 3 is 2.30 bits per heavy atom. The molecule has 4 heterocycles. The Morgan fingerprint density at radius 1 is 0.585 bits per heavy atom. The van der Waals surface area contributed by atoms with Crippen LogP contribution in [0.2, 0.25) is 0 Å². The fourth-order valence-electron chi connectivity index (χ4n) is 7.80. The summed E-state index contributed by atoms with van der Waals surface area (Å²) in [5.41, 5.74) is 12.5. The maximum absolute atomic E-state index is 10.9. The van der Waals surface area contributed by atoms with Crippen LogP contribution in [0.25, 0.3) is 94.7 Å². The molecule has 10 aromatic rings. The van der Waals surface area contributed by atoms with Crippen LogP contribution in [0.15, 0.2) is 148 Å². The number of phenolic OH excluding ortho intramolecular Hbond substituents is 1. The van der Waals surface area contributed by atoms with E-state index < -0.39 is 0 Å². The smallest absolute Gasteiger partial charge is 0.137 e. The topological polar surface area (TPSA) is 77.2 Å². The Morgan fingerprint density at radius 2 is 1.38 bits per heavy atom. The van der Waals surface area contributed by atoms with E-state index in [4.69, 9.17) is 18.8 Å². The van der Waals surface area contributed by atoms with Gasteiger partial charge in [0.05, 0.1) is 28.5 Å². The van der Waals surface area contributed by atoms with Gasteiger partial charge in [0.1, 0.15) is 22.5 Å². The molecule has 0 amide bonds. The van der Waals surface area contributed by atoms with Gasteiger partial charge in [0.15, 0.2) is 0 Å². The Kier molecular flexibility index (Phi) is 7.24. The molecular formula is C46H28N3O3Pt-. The number of nitrogens with zero attached hydrogens (tertiary/aromatic N) is 3. The van der Waals surface area contributed by atoms with Gasteiger partial charge in [-0.15, -0.1) is 23.8 Å². The molecule has 11 rings (SSSR count). The second-order valence-electron chi connectivity index (χ2n) is 13.4. The summed E-state index contributed by atoms with van der Waals surface area (Å²) >= 11 is 0. The maximum Gasteiger partial charge on any atom is 0.137 e. The molecule has 7 heteroatoms. The van der Waals surface area contributed by atoms with Crippen LogP contribution in [0.5, 0.6) is 5.75 Å². The van der Waals surface area contributed by atoms with Gasteiger partial charge in [0.25, 0.3) is 0 Å². The summed E-state index contributed by atoms with van der Waals surface area (Å²) in [5.74, 6) is 0.961. The normalized spacial score (nSPS) is 12.3. The van der Waals surface area contributed by atoms with Crippen LogP contribution in [-0.4, -0.2) is 19.6 Å². The number of aryl methyl sites for hydroxylation is 2. The zero-order chi connectivity index (χ0) is 34.3. The van der Waals surface area contributed by atoms with Crippen LogP contribution in [0.4, 0.5) is 0 Å². The van der Waals surface area contributed by atoms with Crippen molar-refractivity contribution in [2.24, 2.45) is 0 Å². The molecule has 0 radical (unpaired) electrons. The molecule has 1 aliphatic carbocycles. The summed E-state index contributed by atoms with van der Waals surface area (Å²) < 4.78 is 14.7. The molecule has 0 saturated carbocycles. The number of rotatable bonds is 4. The summed E-state index contributed by atoms with van der Waals surface area (Å²) in [4.78, 5) is 10.4. The van der Waals surface area contributed by atoms with Gasteiger partial charge >= 0.3 is 0 Å². The number of phenols is 1. The summed E-state index contributed by atoms with van der Waals surface area (Å²) in [6.07, 6.45) is 3.77. The molecule has 6 nitrogen and oxygen atoms in total. The van der Waals surface area contributed by atoms with Crippen LogP contribution in [0.3, 0.4) is 0 Å². The number of pyridine rings is 1. The van der Waals surface area contributed by atoms with Gasteiger partial charge in [-0.2, -0.15) is 0 Å². The van der Waals surface area contributed by atoms with Crippen molar-refractivity contribution in [2.45, 2.75) is 12.8 Å². The minimum atomic E-state index is 0. The molecule has 0 saturated heterocycles. The third-order valence-corrected chi connectivity index (χ3v) is 10.4. The van der Waals surface area contributed by atoms with Crippen LogP contribution in [-0.2, 0) is 33.9 Å². The number of hydrogen-bond donors (Lipinski definition) is 1. The quantitative estimate of drug-likeness (QED) is 0.178. The second-order valence-corrected chi connectivity index (χ2v) is 13.4. The zero-order valence-corrected chi connectivity index (χ0v) is 30.4. The fourth-order valence-corrected chi connectivity index (χ4v) is 7.80. The van der Waals surface area contributed by atoms with Gasteiger partial charge in [-0.25, -0.2) is 4.98 Å². The van der Waals surface area contributed by atoms with Crippen LogP contribution < -0.4 is 0 Å². The number of imidazole rings is 1. The predicted molar refractivity (Wildman–Crippen MR) is 206 cm³/mol. The summed E-state index contributed by atoms with van der Waals surface area (Å²) in [7, 11) is 0. The number of para-hydroxylation sites is 1. The molecular weight excluding hydrogens is 838 g/mol. The van der Waals surface area contributed by atoms with Crippen molar-refractivity contribution in [3.05, 3.63) is 157 Å². The molecule has 0 fully saturated rings. The fraction of sp³-hybridized carbons (Fsp3) is 0.0435. The maximum atomic E-state index is 10.9. The van der Waals surface area contributed by atoms with E-state index in [0.29, 0.717) is 11.5 Å². The Labute approximate surface area is 318 Å². The molecule has 4 aromatic heterocycles. The first-order valence-corrected chi connectivity index (χ1v) is 17.4. The molecule has 0 spiro atoms. The van der Waals surface area contributed by atoms with E-state index in [1.807, 2.05) is 54.7 Å². The van der Waals surface area contributed by atoms with Crippen molar-refractivity contribution >= 4 is 43.9 Å². The Bertz CT molecular complexity index is 3050. The number of benzene rings is 6. The van der Waals surface area contributed by atoms with Crippen molar-refractivity contribution in [3.63, 3.8) is 0 Å². The molecule has 1 aliphatic rings. The minimum absolute atomic E-state index is 0. The predicted octanol–water partition coefficient (Wildman–Crippen LogP) is 11.3. The zero-order valence-electron chi connectivity index (χ0n) is 28.1. The van der Waals surface area contributed by atoms with E-state index in [9.17, 15) is 5.11 Å². The Balaban J connectivity index is 0.00000349. The minimum Gasteiger partial charge on any atom is -0.507 e. The Hall–Kier alpha value is -6.23. The van der Waals surface area contributed by atoms with Crippen molar-refractivity contribution < 1.29 is 35.0 Å². The molecule has 0 atom stereocenters. The van der Waals surface area contributed by atoms with Crippen LogP contribution in [0.1, 0.15) is 11.1 Å². The van der Waals surface area contributed by atoms with Crippen molar-refractivity contribution in [1.82, 2.24) is 14.5 Å². The van der Waals surface area contributed by atoms with Gasteiger partial charge in [-0.1, -0.05) is 78.2 Å². The van der Waals surface area contributed by atoms with E-state index in [0.717, 1.165) is 107 Å². The third-order valence-electron chi connectivity index (χ3n) is 10.4. The first-order valence-electron chi connectivity index (χ1n) is 17.4. The molecule has 6 aromatic carbocycles. The molecule has 0 aliphatic heterocycles. The van der Waals surface area contributed by atoms with E-state index in [1.165, 1.54) is 0 Å². The number of furan rings is 2. The van der Waals surface area contributed by atoms with E-state index in [-0.39, 0.29) is 26.8 Å². The molecule has 53 heavy (non-hydrogen) atoms. The van der Waals surface area contributed by atoms with Crippen LogP contribution in [0, 0.1) is 6.07 Å². The molecule has 256 valence electrons. The molecule has 1 N–H and O–H groups in total. The van der Waals surface area contributed by atoms with Crippen molar-refractivity contribution in [2.75, 3.05) is 0 Å². The SMILES string of the molecule is Oc1cccc2c1-c1nc(-c3cn(-c4ccc5c(c4)oc4ccccc45)c(-c4[c-]cc5oc6ccc(-c7ccccc7)cc6c5c4)n3)ccc1CC2.[Pt]. The average Bonchev–Trinajstić information content (AvgIpc) is 3.91. The first kappa shape index (κ1) is 31.5. The number of hydrogen-bond acceptors (Lipinski definition) is 5. The summed E-state index contributed by atoms with van der Waals surface area (Å²) in [6.45, 7) is 0.